The molecule has 264 valence electrons. The van der Waals surface area contributed by atoms with Crippen molar-refractivity contribution in [2.24, 2.45) is 14.1 Å². The molecular formula is C33H41ClF6N6O2. The van der Waals surface area contributed by atoms with Crippen molar-refractivity contribution >= 4 is 40.3 Å². The lowest BCUT2D eigenvalue weighted by Crippen LogP contribution is -2.41. The number of amides is 1. The van der Waals surface area contributed by atoms with Crippen molar-refractivity contribution in [2.75, 3.05) is 26.2 Å². The normalized spacial score (nSPS) is 16.9. The van der Waals surface area contributed by atoms with Crippen LogP contribution in [0.15, 0.2) is 36.4 Å². The predicted octanol–water partition coefficient (Wildman–Crippen LogP) is 8.19. The molecule has 6 rings (SSSR count). The molecule has 48 heavy (non-hydrogen) atoms. The van der Waals surface area contributed by atoms with Crippen LogP contribution in [0.3, 0.4) is 0 Å². The molecule has 15 heteroatoms. The van der Waals surface area contributed by atoms with E-state index in [2.05, 4.69) is 15.5 Å². The Hall–Kier alpha value is -3.52. The number of halogens is 7. The van der Waals surface area contributed by atoms with Gasteiger partial charge in [-0.25, -0.2) is 4.79 Å². The molecule has 0 bridgehead atoms. The van der Waals surface area contributed by atoms with Gasteiger partial charge in [0.25, 0.3) is 0 Å². The van der Waals surface area contributed by atoms with Crippen LogP contribution in [-0.4, -0.2) is 62.3 Å². The van der Waals surface area contributed by atoms with Gasteiger partial charge in [0.15, 0.2) is 0 Å². The molecule has 4 aromatic rings. The Labute approximate surface area is 281 Å². The van der Waals surface area contributed by atoms with Gasteiger partial charge in [-0.1, -0.05) is 24.3 Å². The molecule has 2 fully saturated rings. The van der Waals surface area contributed by atoms with Crippen LogP contribution in [0, 0.1) is 0 Å². The van der Waals surface area contributed by atoms with E-state index in [1.807, 2.05) is 20.8 Å². The largest absolute Gasteiger partial charge is 0.444 e. The lowest BCUT2D eigenvalue weighted by atomic mass is 9.91. The maximum absolute atomic E-state index is 13.3. The summed E-state index contributed by atoms with van der Waals surface area (Å²) in [6, 6.07) is 8.53. The Morgan fingerprint density at radius 1 is 0.750 bits per heavy atom. The average Bonchev–Trinajstić information content (AvgIpc) is 3.53. The molecule has 1 N–H and O–H groups in total. The van der Waals surface area contributed by atoms with E-state index in [0.29, 0.717) is 42.4 Å². The number of likely N-dealkylation sites (tertiary alicyclic amines) is 1. The molecule has 0 aliphatic carbocycles. The Bertz CT molecular complexity index is 1730. The van der Waals surface area contributed by atoms with Gasteiger partial charge >= 0.3 is 18.4 Å². The minimum atomic E-state index is -4.43. The van der Waals surface area contributed by atoms with Crippen LogP contribution in [0.1, 0.15) is 80.8 Å². The molecule has 0 radical (unpaired) electrons. The predicted molar refractivity (Wildman–Crippen MR) is 173 cm³/mol. The number of carbonyl (C=O) groups is 1. The lowest BCUT2D eigenvalue weighted by molar-refractivity contribution is -0.137. The van der Waals surface area contributed by atoms with Gasteiger partial charge in [-0.15, -0.1) is 12.4 Å². The standard InChI is InChI=1S/C19H24F3N3O2.C14H16F3N3.ClH/c1-18(2,3)27-17(26)25-10-8-12(9-11-25)15-13-6-5-7-14(19(20,21)22)16(13)24(4)23-15;1-20-13-10(3-2-4-11(13)14(15,16)17)12(19-20)9-5-7-18-8-6-9;/h5-7,12H,8-11H2,1-4H3;2-4,9,18H,5-8H2,1H3;1H. The van der Waals surface area contributed by atoms with Crippen LogP contribution in [0.2, 0.25) is 0 Å². The Balaban J connectivity index is 0.000000221. The number of piperidine rings is 2. The van der Waals surface area contributed by atoms with Gasteiger partial charge in [0.05, 0.1) is 33.5 Å². The van der Waals surface area contributed by atoms with Gasteiger partial charge in [0.1, 0.15) is 5.60 Å². The summed E-state index contributed by atoms with van der Waals surface area (Å²) in [5.74, 6) is 0.249. The van der Waals surface area contributed by atoms with Crippen molar-refractivity contribution in [3.63, 3.8) is 0 Å². The molecule has 2 aromatic heterocycles. The van der Waals surface area contributed by atoms with E-state index in [0.717, 1.165) is 43.8 Å². The van der Waals surface area contributed by atoms with Gasteiger partial charge in [-0.2, -0.15) is 36.5 Å². The number of hydrogen-bond acceptors (Lipinski definition) is 5. The summed E-state index contributed by atoms with van der Waals surface area (Å²) in [5.41, 5.74) is -0.0719. The fourth-order valence-corrected chi connectivity index (χ4v) is 6.55. The second-order valence-corrected chi connectivity index (χ2v) is 13.2. The molecule has 0 unspecified atom stereocenters. The summed E-state index contributed by atoms with van der Waals surface area (Å²) in [6.45, 7) is 8.22. The third kappa shape index (κ3) is 8.02. The fraction of sp³-hybridized carbons (Fsp3) is 0.545. The van der Waals surface area contributed by atoms with E-state index < -0.39 is 29.1 Å². The second kappa shape index (κ2) is 14.1. The molecule has 0 spiro atoms. The Kier molecular flexibility index (Phi) is 11.0. The minimum absolute atomic E-state index is 0. The topological polar surface area (TPSA) is 77.2 Å². The third-order valence-corrected chi connectivity index (χ3v) is 8.66. The number of para-hydroxylation sites is 2. The van der Waals surface area contributed by atoms with Gasteiger partial charge in [-0.3, -0.25) is 9.36 Å². The average molecular weight is 703 g/mol. The zero-order valence-corrected chi connectivity index (χ0v) is 28.3. The van der Waals surface area contributed by atoms with Crippen molar-refractivity contribution in [3.05, 3.63) is 58.9 Å². The smallest absolute Gasteiger partial charge is 0.418 e. The first-order valence-electron chi connectivity index (χ1n) is 15.7. The quantitative estimate of drug-likeness (QED) is 0.213. The number of aryl methyl sites for hydroxylation is 2. The molecular weight excluding hydrogens is 662 g/mol. The monoisotopic (exact) mass is 702 g/mol. The number of fused-ring (bicyclic) bond motifs is 2. The molecule has 2 aliphatic rings. The fourth-order valence-electron chi connectivity index (χ4n) is 6.55. The van der Waals surface area contributed by atoms with Crippen molar-refractivity contribution < 1.29 is 35.9 Å². The second-order valence-electron chi connectivity index (χ2n) is 13.2. The van der Waals surface area contributed by atoms with Crippen molar-refractivity contribution in [1.82, 2.24) is 29.8 Å². The van der Waals surface area contributed by atoms with Crippen molar-refractivity contribution in [2.45, 2.75) is 76.2 Å². The SMILES string of the molecule is Cl.Cn1nc(C2CCN(C(=O)OC(C)(C)C)CC2)c2cccc(C(F)(F)F)c21.Cn1nc(C2CCNCC2)c2cccc(C(F)(F)F)c21. The third-order valence-electron chi connectivity index (χ3n) is 8.66. The first-order valence-corrected chi connectivity index (χ1v) is 15.7. The molecule has 1 amide bonds. The highest BCUT2D eigenvalue weighted by molar-refractivity contribution is 5.87. The van der Waals surface area contributed by atoms with Crippen molar-refractivity contribution in [1.29, 1.82) is 0 Å². The van der Waals surface area contributed by atoms with E-state index in [4.69, 9.17) is 4.74 Å². The summed E-state index contributed by atoms with van der Waals surface area (Å²) in [5, 5.41) is 13.2. The summed E-state index contributed by atoms with van der Waals surface area (Å²) in [4.78, 5) is 13.8. The maximum Gasteiger partial charge on any atom is 0.418 e. The molecule has 8 nitrogen and oxygen atoms in total. The molecule has 2 aliphatic heterocycles. The summed E-state index contributed by atoms with van der Waals surface area (Å²) >= 11 is 0. The van der Waals surface area contributed by atoms with Crippen LogP contribution < -0.4 is 5.32 Å². The lowest BCUT2D eigenvalue weighted by Gasteiger charge is -2.33. The number of ether oxygens (including phenoxy) is 1. The van der Waals surface area contributed by atoms with Crippen LogP contribution >= 0.6 is 12.4 Å². The number of rotatable bonds is 2. The summed E-state index contributed by atoms with van der Waals surface area (Å²) in [7, 11) is 3.12. The summed E-state index contributed by atoms with van der Waals surface area (Å²) < 4.78 is 87.3. The van der Waals surface area contributed by atoms with Crippen LogP contribution in [0.25, 0.3) is 21.8 Å². The molecule has 2 saturated heterocycles. The number of nitrogens with zero attached hydrogens (tertiary/aromatic N) is 5. The maximum atomic E-state index is 13.3. The zero-order chi connectivity index (χ0) is 34.3. The highest BCUT2D eigenvalue weighted by Gasteiger charge is 2.37. The first kappa shape index (κ1) is 37.3. The van der Waals surface area contributed by atoms with E-state index in [1.165, 1.54) is 28.5 Å². The van der Waals surface area contributed by atoms with Gasteiger partial charge in [-0.05, 0) is 71.7 Å². The summed E-state index contributed by atoms with van der Waals surface area (Å²) in [6.07, 6.45) is -6.01. The molecule has 2 aromatic carbocycles. The highest BCUT2D eigenvalue weighted by Crippen LogP contribution is 2.40. The Morgan fingerprint density at radius 2 is 1.17 bits per heavy atom. The highest BCUT2D eigenvalue weighted by atomic mass is 35.5. The molecule has 0 atom stereocenters. The number of hydrogen-bond donors (Lipinski definition) is 1. The van der Waals surface area contributed by atoms with E-state index in [-0.39, 0.29) is 41.4 Å². The number of benzene rings is 2. The van der Waals surface area contributed by atoms with Crippen LogP contribution in [-0.2, 0) is 31.2 Å². The van der Waals surface area contributed by atoms with Gasteiger partial charge in [0, 0.05) is 49.8 Å². The van der Waals surface area contributed by atoms with Gasteiger partial charge in [0.2, 0.25) is 0 Å². The number of nitrogens with one attached hydrogen (secondary N) is 1. The van der Waals surface area contributed by atoms with E-state index >= 15 is 0 Å². The van der Waals surface area contributed by atoms with Gasteiger partial charge < -0.3 is 15.0 Å². The van der Waals surface area contributed by atoms with Crippen LogP contribution in [0.4, 0.5) is 31.1 Å². The number of carbonyl (C=O) groups excluding carboxylic acids is 1. The Morgan fingerprint density at radius 3 is 1.56 bits per heavy atom. The van der Waals surface area contributed by atoms with Crippen LogP contribution in [0.5, 0.6) is 0 Å². The molecule has 4 heterocycles. The van der Waals surface area contributed by atoms with E-state index in [9.17, 15) is 31.1 Å². The zero-order valence-electron chi connectivity index (χ0n) is 27.5. The van der Waals surface area contributed by atoms with Crippen molar-refractivity contribution in [3.8, 4) is 0 Å². The number of alkyl halides is 6. The number of aromatic nitrogens is 4. The van der Waals surface area contributed by atoms with E-state index in [1.54, 1.807) is 24.1 Å². The first-order chi connectivity index (χ1) is 22.0. The molecule has 0 saturated carbocycles. The minimum Gasteiger partial charge on any atom is -0.444 e.